The van der Waals surface area contributed by atoms with Crippen molar-refractivity contribution in [3.8, 4) is 0 Å². The van der Waals surface area contributed by atoms with Gasteiger partial charge in [-0.15, -0.1) is 0 Å². The van der Waals surface area contributed by atoms with E-state index in [2.05, 4.69) is 24.8 Å². The maximum absolute atomic E-state index is 13.8. The average Bonchev–Trinajstić information content (AvgIpc) is 3.05. The Morgan fingerprint density at radius 1 is 1.25 bits per heavy atom. The van der Waals surface area contributed by atoms with Gasteiger partial charge < -0.3 is 9.80 Å². The first-order chi connectivity index (χ1) is 11.5. The first-order valence-corrected chi connectivity index (χ1v) is 8.08. The van der Waals surface area contributed by atoms with Crippen LogP contribution in [0, 0.1) is 5.82 Å². The lowest BCUT2D eigenvalue weighted by Crippen LogP contribution is -2.35. The number of aromatic nitrogens is 3. The zero-order valence-corrected chi connectivity index (χ0v) is 14.4. The predicted octanol–water partition coefficient (Wildman–Crippen LogP) is 1.79. The first kappa shape index (κ1) is 16.6. The summed E-state index contributed by atoms with van der Waals surface area (Å²) in [5.41, 5.74) is 0.694. The molecule has 0 N–H and O–H groups in total. The van der Waals surface area contributed by atoms with Gasteiger partial charge in [0.05, 0.1) is 6.20 Å². The van der Waals surface area contributed by atoms with E-state index < -0.39 is 0 Å². The van der Waals surface area contributed by atoms with Crippen molar-refractivity contribution in [2.24, 2.45) is 0 Å². The first-order valence-electron chi connectivity index (χ1n) is 8.08. The third kappa shape index (κ3) is 3.62. The summed E-state index contributed by atoms with van der Waals surface area (Å²) in [4.78, 5) is 19.1. The summed E-state index contributed by atoms with van der Waals surface area (Å²) in [6, 6.07) is 3.97. The molecule has 3 heterocycles. The Kier molecular flexibility index (Phi) is 4.89. The highest BCUT2D eigenvalue weighted by atomic mass is 19.1. The molecule has 0 aromatic carbocycles. The van der Waals surface area contributed by atoms with Gasteiger partial charge in [-0.3, -0.25) is 9.88 Å². The van der Waals surface area contributed by atoms with Gasteiger partial charge >= 0.3 is 0 Å². The SMILES string of the molecule is CN(C)c1ccnc(N(C)C2CCN(Cc3ccncc3F)C2)n1. The van der Waals surface area contributed by atoms with Crippen molar-refractivity contribution < 1.29 is 4.39 Å². The Morgan fingerprint density at radius 2 is 2.08 bits per heavy atom. The number of likely N-dealkylation sites (tertiary alicyclic amines) is 1. The molecule has 2 aromatic heterocycles. The fourth-order valence-corrected chi connectivity index (χ4v) is 2.97. The van der Waals surface area contributed by atoms with Gasteiger partial charge in [0.2, 0.25) is 5.95 Å². The summed E-state index contributed by atoms with van der Waals surface area (Å²) < 4.78 is 13.8. The number of halogens is 1. The summed E-state index contributed by atoms with van der Waals surface area (Å²) in [6.45, 7) is 2.41. The topological polar surface area (TPSA) is 48.4 Å². The maximum Gasteiger partial charge on any atom is 0.227 e. The molecule has 0 saturated carbocycles. The number of hydrogen-bond donors (Lipinski definition) is 0. The molecular formula is C17H23FN6. The van der Waals surface area contributed by atoms with Crippen molar-refractivity contribution in [1.29, 1.82) is 0 Å². The number of likely N-dealkylation sites (N-methyl/N-ethyl adjacent to an activating group) is 1. The summed E-state index contributed by atoms with van der Waals surface area (Å²) in [7, 11) is 5.95. The van der Waals surface area contributed by atoms with Gasteiger partial charge in [-0.25, -0.2) is 9.37 Å². The van der Waals surface area contributed by atoms with Gasteiger partial charge in [0.25, 0.3) is 0 Å². The molecule has 1 atom stereocenters. The summed E-state index contributed by atoms with van der Waals surface area (Å²) in [6.07, 6.45) is 5.71. The molecular weight excluding hydrogens is 307 g/mol. The van der Waals surface area contributed by atoms with Gasteiger partial charge in [-0.1, -0.05) is 0 Å². The molecule has 24 heavy (non-hydrogen) atoms. The van der Waals surface area contributed by atoms with Crippen LogP contribution in [0.25, 0.3) is 0 Å². The zero-order valence-electron chi connectivity index (χ0n) is 14.4. The minimum atomic E-state index is -0.240. The van der Waals surface area contributed by atoms with E-state index in [-0.39, 0.29) is 5.82 Å². The quantitative estimate of drug-likeness (QED) is 0.833. The van der Waals surface area contributed by atoms with Crippen LogP contribution in [0.4, 0.5) is 16.2 Å². The van der Waals surface area contributed by atoms with Crippen LogP contribution >= 0.6 is 0 Å². The number of nitrogens with zero attached hydrogens (tertiary/aromatic N) is 6. The molecule has 1 aliphatic rings. The van der Waals surface area contributed by atoms with E-state index in [1.165, 1.54) is 6.20 Å². The summed E-state index contributed by atoms with van der Waals surface area (Å²) in [5.74, 6) is 1.38. The standard InChI is InChI=1S/C17H23FN6/c1-22(2)16-5-8-20-17(21-16)23(3)14-6-9-24(12-14)11-13-4-7-19-10-15(13)18/h4-5,7-8,10,14H,6,9,11-12H2,1-3H3. The fraction of sp³-hybridized carbons (Fsp3) is 0.471. The Morgan fingerprint density at radius 3 is 2.83 bits per heavy atom. The molecule has 1 unspecified atom stereocenters. The second-order valence-electron chi connectivity index (χ2n) is 6.36. The molecule has 0 bridgehead atoms. The molecule has 3 rings (SSSR count). The monoisotopic (exact) mass is 330 g/mol. The molecule has 128 valence electrons. The lowest BCUT2D eigenvalue weighted by atomic mass is 10.2. The van der Waals surface area contributed by atoms with Crippen molar-refractivity contribution in [3.05, 3.63) is 42.1 Å². The second-order valence-corrected chi connectivity index (χ2v) is 6.36. The Hall–Kier alpha value is -2.28. The molecule has 7 heteroatoms. The largest absolute Gasteiger partial charge is 0.363 e. The van der Waals surface area contributed by atoms with Gasteiger partial charge in [0, 0.05) is 64.8 Å². The zero-order chi connectivity index (χ0) is 17.1. The molecule has 2 aromatic rings. The lowest BCUT2D eigenvalue weighted by molar-refractivity contribution is 0.319. The minimum Gasteiger partial charge on any atom is -0.363 e. The van der Waals surface area contributed by atoms with Crippen LogP contribution in [0.2, 0.25) is 0 Å². The molecule has 1 aliphatic heterocycles. The van der Waals surface area contributed by atoms with E-state index in [1.807, 2.05) is 32.1 Å². The predicted molar refractivity (Wildman–Crippen MR) is 92.6 cm³/mol. The van der Waals surface area contributed by atoms with Crippen molar-refractivity contribution in [2.75, 3.05) is 44.0 Å². The van der Waals surface area contributed by atoms with Crippen LogP contribution < -0.4 is 9.80 Å². The van der Waals surface area contributed by atoms with Crippen LogP contribution in [0.3, 0.4) is 0 Å². The van der Waals surface area contributed by atoms with Gasteiger partial charge in [0.15, 0.2) is 0 Å². The highest BCUT2D eigenvalue weighted by Crippen LogP contribution is 2.21. The molecule has 0 aliphatic carbocycles. The fourth-order valence-electron chi connectivity index (χ4n) is 2.97. The van der Waals surface area contributed by atoms with E-state index in [1.54, 1.807) is 18.5 Å². The number of anilines is 2. The van der Waals surface area contributed by atoms with Crippen LogP contribution in [0.15, 0.2) is 30.7 Å². The third-order valence-corrected chi connectivity index (χ3v) is 4.45. The highest BCUT2D eigenvalue weighted by molar-refractivity contribution is 5.42. The maximum atomic E-state index is 13.8. The Labute approximate surface area is 142 Å². The van der Waals surface area contributed by atoms with E-state index in [0.29, 0.717) is 18.2 Å². The summed E-state index contributed by atoms with van der Waals surface area (Å²) >= 11 is 0. The molecule has 6 nitrogen and oxygen atoms in total. The van der Waals surface area contributed by atoms with E-state index in [0.717, 1.165) is 31.3 Å². The number of hydrogen-bond acceptors (Lipinski definition) is 6. The second kappa shape index (κ2) is 7.09. The molecule has 0 radical (unpaired) electrons. The van der Waals surface area contributed by atoms with E-state index in [9.17, 15) is 4.39 Å². The number of pyridine rings is 1. The van der Waals surface area contributed by atoms with E-state index in [4.69, 9.17) is 0 Å². The van der Waals surface area contributed by atoms with Crippen molar-refractivity contribution >= 4 is 11.8 Å². The van der Waals surface area contributed by atoms with Crippen LogP contribution in [0.1, 0.15) is 12.0 Å². The smallest absolute Gasteiger partial charge is 0.227 e. The third-order valence-electron chi connectivity index (χ3n) is 4.45. The lowest BCUT2D eigenvalue weighted by Gasteiger charge is -2.25. The normalized spacial score (nSPS) is 17.9. The molecule has 0 amide bonds. The van der Waals surface area contributed by atoms with Crippen LogP contribution in [-0.2, 0) is 6.54 Å². The van der Waals surface area contributed by atoms with Crippen molar-refractivity contribution in [3.63, 3.8) is 0 Å². The van der Waals surface area contributed by atoms with Crippen molar-refractivity contribution in [2.45, 2.75) is 19.0 Å². The minimum absolute atomic E-state index is 0.240. The van der Waals surface area contributed by atoms with Gasteiger partial charge in [-0.05, 0) is 18.6 Å². The van der Waals surface area contributed by atoms with Crippen LogP contribution in [0.5, 0.6) is 0 Å². The number of rotatable bonds is 5. The highest BCUT2D eigenvalue weighted by Gasteiger charge is 2.27. The average molecular weight is 330 g/mol. The van der Waals surface area contributed by atoms with Crippen LogP contribution in [-0.4, -0.2) is 60.1 Å². The summed E-state index contributed by atoms with van der Waals surface area (Å²) in [5, 5.41) is 0. The molecule has 0 spiro atoms. The van der Waals surface area contributed by atoms with E-state index >= 15 is 0 Å². The Bertz CT molecular complexity index is 692. The Balaban J connectivity index is 1.65. The molecule has 1 fully saturated rings. The van der Waals surface area contributed by atoms with Crippen molar-refractivity contribution in [1.82, 2.24) is 19.9 Å². The van der Waals surface area contributed by atoms with Gasteiger partial charge in [0.1, 0.15) is 11.6 Å². The van der Waals surface area contributed by atoms with Gasteiger partial charge in [-0.2, -0.15) is 4.98 Å². The molecule has 1 saturated heterocycles.